The predicted molar refractivity (Wildman–Crippen MR) is 87.2 cm³/mol. The van der Waals surface area contributed by atoms with E-state index in [1.165, 1.54) is 31.4 Å². The van der Waals surface area contributed by atoms with Crippen molar-refractivity contribution in [3.63, 3.8) is 0 Å². The lowest BCUT2D eigenvalue weighted by Crippen LogP contribution is -2.42. The zero-order chi connectivity index (χ0) is 15.5. The molecule has 1 saturated carbocycles. The maximum atomic E-state index is 14.1. The van der Waals surface area contributed by atoms with Crippen molar-refractivity contribution in [1.82, 2.24) is 5.32 Å². The Morgan fingerprint density at radius 1 is 1.38 bits per heavy atom. The number of amides is 1. The summed E-state index contributed by atoms with van der Waals surface area (Å²) in [5, 5.41) is 2.90. The van der Waals surface area contributed by atoms with Crippen molar-refractivity contribution in [2.45, 2.75) is 43.8 Å². The molecule has 1 aliphatic rings. The van der Waals surface area contributed by atoms with Crippen LogP contribution in [0.4, 0.5) is 10.1 Å². The maximum Gasteiger partial charge on any atom is 0.254 e. The molecule has 0 bridgehead atoms. The molecule has 0 spiro atoms. The quantitative estimate of drug-likeness (QED) is 0.837. The Bertz CT molecular complexity index is 527. The van der Waals surface area contributed by atoms with Gasteiger partial charge in [0.2, 0.25) is 0 Å². The third kappa shape index (κ3) is 3.70. The van der Waals surface area contributed by atoms with Crippen LogP contribution in [0.2, 0.25) is 0 Å². The Morgan fingerprint density at radius 2 is 2.05 bits per heavy atom. The van der Waals surface area contributed by atoms with Crippen LogP contribution in [0.5, 0.6) is 0 Å². The third-order valence-electron chi connectivity index (χ3n) is 4.29. The van der Waals surface area contributed by atoms with Crippen LogP contribution in [0.25, 0.3) is 0 Å². The van der Waals surface area contributed by atoms with Gasteiger partial charge >= 0.3 is 0 Å². The van der Waals surface area contributed by atoms with E-state index < -0.39 is 5.82 Å². The Hall–Kier alpha value is -1.23. The van der Waals surface area contributed by atoms with E-state index in [-0.39, 0.29) is 16.2 Å². The van der Waals surface area contributed by atoms with E-state index in [4.69, 9.17) is 5.73 Å². The van der Waals surface area contributed by atoms with Crippen LogP contribution in [-0.2, 0) is 0 Å². The summed E-state index contributed by atoms with van der Waals surface area (Å²) >= 11 is 1.81. The number of carbonyl (C=O) groups excluding carboxylic acids is 1. The zero-order valence-electron chi connectivity index (χ0n) is 12.7. The van der Waals surface area contributed by atoms with E-state index in [9.17, 15) is 9.18 Å². The van der Waals surface area contributed by atoms with Crippen molar-refractivity contribution in [2.75, 3.05) is 18.5 Å². The highest BCUT2D eigenvalue weighted by molar-refractivity contribution is 8.00. The highest BCUT2D eigenvalue weighted by Gasteiger charge is 2.31. The van der Waals surface area contributed by atoms with Gasteiger partial charge in [0.05, 0.1) is 5.56 Å². The summed E-state index contributed by atoms with van der Waals surface area (Å²) in [6.45, 7) is 2.20. The summed E-state index contributed by atoms with van der Waals surface area (Å²) in [5.74, 6) is -0.856. The molecule has 2 rings (SSSR count). The predicted octanol–water partition coefficient (Wildman–Crippen LogP) is 3.51. The summed E-state index contributed by atoms with van der Waals surface area (Å²) in [6.07, 6.45) is 7.95. The molecular formula is C16H23FN2OS. The van der Waals surface area contributed by atoms with Gasteiger partial charge in [-0.25, -0.2) is 4.39 Å². The molecule has 0 heterocycles. The highest BCUT2D eigenvalue weighted by Crippen LogP contribution is 2.38. The van der Waals surface area contributed by atoms with Crippen molar-refractivity contribution in [3.8, 4) is 0 Å². The Labute approximate surface area is 129 Å². The molecule has 0 unspecified atom stereocenters. The first kappa shape index (κ1) is 16.1. The molecule has 3 N–H and O–H groups in total. The van der Waals surface area contributed by atoms with E-state index >= 15 is 0 Å². The van der Waals surface area contributed by atoms with Gasteiger partial charge in [-0.2, -0.15) is 11.8 Å². The average molecular weight is 310 g/mol. The van der Waals surface area contributed by atoms with Crippen molar-refractivity contribution in [2.24, 2.45) is 0 Å². The van der Waals surface area contributed by atoms with Crippen LogP contribution in [0.3, 0.4) is 0 Å². The van der Waals surface area contributed by atoms with E-state index in [1.54, 1.807) is 6.92 Å². The number of hydrogen-bond donors (Lipinski definition) is 2. The molecule has 1 fully saturated rings. The molecule has 1 aliphatic carbocycles. The van der Waals surface area contributed by atoms with E-state index in [0.29, 0.717) is 17.8 Å². The minimum atomic E-state index is -0.483. The first-order chi connectivity index (χ1) is 9.97. The van der Waals surface area contributed by atoms with Crippen LogP contribution >= 0.6 is 11.8 Å². The summed E-state index contributed by atoms with van der Waals surface area (Å²) in [5.41, 5.74) is 6.56. The summed E-state index contributed by atoms with van der Waals surface area (Å²) < 4.78 is 14.2. The third-order valence-corrected chi connectivity index (χ3v) is 5.71. The number of nitrogens with two attached hydrogens (primary N) is 1. The Balaban J connectivity index is 2.08. The van der Waals surface area contributed by atoms with Gasteiger partial charge in [0, 0.05) is 17.0 Å². The average Bonchev–Trinajstić information content (AvgIpc) is 2.49. The summed E-state index contributed by atoms with van der Waals surface area (Å²) in [6, 6.07) is 2.95. The second-order valence-electron chi connectivity index (χ2n) is 5.83. The number of halogens is 1. The fourth-order valence-corrected chi connectivity index (χ4v) is 3.86. The molecule has 1 amide bonds. The van der Waals surface area contributed by atoms with Crippen molar-refractivity contribution in [1.29, 1.82) is 0 Å². The molecular weight excluding hydrogens is 287 g/mol. The van der Waals surface area contributed by atoms with Crippen LogP contribution < -0.4 is 11.1 Å². The number of benzene rings is 1. The summed E-state index contributed by atoms with van der Waals surface area (Å²) in [7, 11) is 0. The lowest BCUT2D eigenvalue weighted by atomic mass is 9.88. The molecule has 0 aliphatic heterocycles. The largest absolute Gasteiger partial charge is 0.399 e. The number of carbonyl (C=O) groups is 1. The number of aryl methyl sites for hydroxylation is 1. The smallest absolute Gasteiger partial charge is 0.254 e. The van der Waals surface area contributed by atoms with Crippen LogP contribution in [0.1, 0.15) is 48.0 Å². The van der Waals surface area contributed by atoms with Gasteiger partial charge in [-0.1, -0.05) is 19.3 Å². The highest BCUT2D eigenvalue weighted by atomic mass is 32.2. The molecule has 0 aromatic heterocycles. The van der Waals surface area contributed by atoms with Gasteiger partial charge in [0.15, 0.2) is 0 Å². The van der Waals surface area contributed by atoms with E-state index in [1.807, 2.05) is 11.8 Å². The topological polar surface area (TPSA) is 55.1 Å². The molecule has 21 heavy (non-hydrogen) atoms. The second kappa shape index (κ2) is 6.69. The van der Waals surface area contributed by atoms with Gasteiger partial charge in [-0.15, -0.1) is 0 Å². The number of nitrogen functional groups attached to an aromatic ring is 1. The van der Waals surface area contributed by atoms with Crippen molar-refractivity contribution < 1.29 is 9.18 Å². The first-order valence-electron chi connectivity index (χ1n) is 7.36. The maximum absolute atomic E-state index is 14.1. The fourth-order valence-electron chi connectivity index (χ4n) is 2.95. The standard InChI is InChI=1S/C16H23FN2OS/c1-11-8-12(18)9-13(14(11)17)15(20)19-10-16(21-2)6-4-3-5-7-16/h8-9H,3-7,10,18H2,1-2H3,(H,19,20). The lowest BCUT2D eigenvalue weighted by Gasteiger charge is -2.35. The zero-order valence-corrected chi connectivity index (χ0v) is 13.5. The molecule has 5 heteroatoms. The van der Waals surface area contributed by atoms with Gasteiger partial charge in [-0.3, -0.25) is 4.79 Å². The SMILES string of the molecule is CSC1(CNC(=O)c2cc(N)cc(C)c2F)CCCCC1. The molecule has 1 aromatic carbocycles. The molecule has 0 atom stereocenters. The number of hydrogen-bond acceptors (Lipinski definition) is 3. The number of thioether (sulfide) groups is 1. The van der Waals surface area contributed by atoms with Crippen LogP contribution in [-0.4, -0.2) is 23.5 Å². The molecule has 3 nitrogen and oxygen atoms in total. The van der Waals surface area contributed by atoms with Gasteiger partial charge < -0.3 is 11.1 Å². The van der Waals surface area contributed by atoms with Crippen LogP contribution in [0.15, 0.2) is 12.1 Å². The lowest BCUT2D eigenvalue weighted by molar-refractivity contribution is 0.0942. The Morgan fingerprint density at radius 3 is 2.67 bits per heavy atom. The van der Waals surface area contributed by atoms with Crippen molar-refractivity contribution >= 4 is 23.4 Å². The molecule has 1 aromatic rings. The monoisotopic (exact) mass is 310 g/mol. The fraction of sp³-hybridized carbons (Fsp3) is 0.562. The summed E-state index contributed by atoms with van der Waals surface area (Å²) in [4.78, 5) is 12.3. The molecule has 0 saturated heterocycles. The molecule has 116 valence electrons. The first-order valence-corrected chi connectivity index (χ1v) is 8.59. The minimum absolute atomic E-state index is 0.0413. The van der Waals surface area contributed by atoms with Gasteiger partial charge in [0.1, 0.15) is 5.82 Å². The normalized spacial score (nSPS) is 17.5. The van der Waals surface area contributed by atoms with Crippen molar-refractivity contribution in [3.05, 3.63) is 29.1 Å². The van der Waals surface area contributed by atoms with E-state index in [0.717, 1.165) is 12.8 Å². The van der Waals surface area contributed by atoms with Gasteiger partial charge in [0.25, 0.3) is 5.91 Å². The number of nitrogens with one attached hydrogen (secondary N) is 1. The number of anilines is 1. The number of rotatable bonds is 4. The van der Waals surface area contributed by atoms with Crippen LogP contribution in [0, 0.1) is 12.7 Å². The second-order valence-corrected chi connectivity index (χ2v) is 7.10. The van der Waals surface area contributed by atoms with Gasteiger partial charge in [-0.05, 0) is 43.7 Å². The molecule has 0 radical (unpaired) electrons. The minimum Gasteiger partial charge on any atom is -0.399 e. The van der Waals surface area contributed by atoms with E-state index in [2.05, 4.69) is 11.6 Å². The Kier molecular flexibility index (Phi) is 5.14.